The van der Waals surface area contributed by atoms with Gasteiger partial charge in [0.2, 0.25) is 5.91 Å². The molecule has 0 aromatic rings. The van der Waals surface area contributed by atoms with Gasteiger partial charge in [0.25, 0.3) is 0 Å². The van der Waals surface area contributed by atoms with Crippen LogP contribution in [0.3, 0.4) is 0 Å². The van der Waals surface area contributed by atoms with Gasteiger partial charge in [0, 0.05) is 12.1 Å². The van der Waals surface area contributed by atoms with Crippen molar-refractivity contribution in [1.29, 1.82) is 0 Å². The average molecular weight is 224 g/mol. The van der Waals surface area contributed by atoms with Gasteiger partial charge in [0.1, 0.15) is 0 Å². The summed E-state index contributed by atoms with van der Waals surface area (Å²) in [5.74, 6) is 1.05. The third-order valence-electron chi connectivity index (χ3n) is 3.92. The number of rotatable bonds is 5. The summed E-state index contributed by atoms with van der Waals surface area (Å²) in [6.07, 6.45) is 7.42. The third-order valence-corrected chi connectivity index (χ3v) is 3.92. The van der Waals surface area contributed by atoms with Crippen LogP contribution in [0, 0.1) is 5.92 Å². The molecule has 2 saturated carbocycles. The number of hydrogen-bond acceptors (Lipinski definition) is 2. The van der Waals surface area contributed by atoms with E-state index in [-0.39, 0.29) is 11.9 Å². The number of nitrogens with one attached hydrogen (secondary N) is 2. The molecule has 2 rings (SSSR count). The first-order valence-electron chi connectivity index (χ1n) is 6.75. The Hall–Kier alpha value is -0.570. The highest BCUT2D eigenvalue weighted by Gasteiger charge is 2.28. The van der Waals surface area contributed by atoms with E-state index in [0.717, 1.165) is 5.92 Å². The van der Waals surface area contributed by atoms with Gasteiger partial charge in [-0.3, -0.25) is 4.79 Å². The quantitative estimate of drug-likeness (QED) is 0.748. The van der Waals surface area contributed by atoms with E-state index >= 15 is 0 Å². The molecule has 2 aliphatic carbocycles. The molecule has 0 radical (unpaired) electrons. The van der Waals surface area contributed by atoms with E-state index in [4.69, 9.17) is 0 Å². The molecule has 3 atom stereocenters. The third kappa shape index (κ3) is 3.21. The zero-order chi connectivity index (χ0) is 11.5. The minimum absolute atomic E-state index is 0.0267. The van der Waals surface area contributed by atoms with Crippen molar-refractivity contribution in [3.05, 3.63) is 0 Å². The number of carbonyl (C=O) groups excluding carboxylic acids is 1. The van der Waals surface area contributed by atoms with Crippen molar-refractivity contribution in [1.82, 2.24) is 10.6 Å². The van der Waals surface area contributed by atoms with Gasteiger partial charge >= 0.3 is 0 Å². The van der Waals surface area contributed by atoms with Crippen LogP contribution in [0.2, 0.25) is 0 Å². The summed E-state index contributed by atoms with van der Waals surface area (Å²) in [6, 6.07) is 1.01. The Labute approximate surface area is 98.4 Å². The van der Waals surface area contributed by atoms with Crippen LogP contribution in [0.4, 0.5) is 0 Å². The van der Waals surface area contributed by atoms with Crippen LogP contribution in [0.25, 0.3) is 0 Å². The highest BCUT2D eigenvalue weighted by molar-refractivity contribution is 5.81. The van der Waals surface area contributed by atoms with Crippen LogP contribution < -0.4 is 10.6 Å². The molecular formula is C13H24N2O. The van der Waals surface area contributed by atoms with E-state index in [1.165, 1.54) is 38.5 Å². The molecular weight excluding hydrogens is 200 g/mol. The second-order valence-corrected chi connectivity index (χ2v) is 5.46. The standard InChI is InChI=1S/C13H24N2O/c1-3-10-4-5-12(8-10)14-9(2)13(16)15-11-6-7-11/h9-12,14H,3-8H2,1-2H3,(H,15,16). The smallest absolute Gasteiger partial charge is 0.237 e. The fourth-order valence-electron chi connectivity index (χ4n) is 2.58. The molecule has 3 unspecified atom stereocenters. The summed E-state index contributed by atoms with van der Waals surface area (Å²) in [5, 5.41) is 6.52. The maximum atomic E-state index is 11.8. The molecule has 16 heavy (non-hydrogen) atoms. The average Bonchev–Trinajstić information content (AvgIpc) is 2.96. The Morgan fingerprint density at radius 1 is 1.25 bits per heavy atom. The Bertz CT molecular complexity index is 250. The summed E-state index contributed by atoms with van der Waals surface area (Å²) in [6.45, 7) is 4.24. The Balaban J connectivity index is 1.69. The van der Waals surface area contributed by atoms with Gasteiger partial charge in [-0.15, -0.1) is 0 Å². The molecule has 3 heteroatoms. The van der Waals surface area contributed by atoms with Gasteiger partial charge in [-0.1, -0.05) is 13.3 Å². The monoisotopic (exact) mass is 224 g/mol. The summed E-state index contributed by atoms with van der Waals surface area (Å²) in [5.41, 5.74) is 0. The highest BCUT2D eigenvalue weighted by atomic mass is 16.2. The predicted molar refractivity (Wildman–Crippen MR) is 65.2 cm³/mol. The largest absolute Gasteiger partial charge is 0.352 e. The lowest BCUT2D eigenvalue weighted by molar-refractivity contribution is -0.123. The zero-order valence-corrected chi connectivity index (χ0v) is 10.5. The molecule has 3 nitrogen and oxygen atoms in total. The molecule has 0 aliphatic heterocycles. The lowest BCUT2D eigenvalue weighted by atomic mass is 10.1. The first-order valence-corrected chi connectivity index (χ1v) is 6.75. The minimum Gasteiger partial charge on any atom is -0.352 e. The molecule has 2 aliphatic rings. The van der Waals surface area contributed by atoms with E-state index in [1.807, 2.05) is 6.92 Å². The van der Waals surface area contributed by atoms with Gasteiger partial charge in [-0.2, -0.15) is 0 Å². The second kappa shape index (κ2) is 5.17. The van der Waals surface area contributed by atoms with Crippen molar-refractivity contribution < 1.29 is 4.79 Å². The second-order valence-electron chi connectivity index (χ2n) is 5.46. The fourth-order valence-corrected chi connectivity index (χ4v) is 2.58. The van der Waals surface area contributed by atoms with Crippen molar-refractivity contribution >= 4 is 5.91 Å². The Morgan fingerprint density at radius 2 is 1.94 bits per heavy atom. The van der Waals surface area contributed by atoms with Crippen LogP contribution >= 0.6 is 0 Å². The molecule has 0 spiro atoms. The lowest BCUT2D eigenvalue weighted by Crippen LogP contribution is -2.46. The lowest BCUT2D eigenvalue weighted by Gasteiger charge is -2.19. The summed E-state index contributed by atoms with van der Waals surface area (Å²) < 4.78 is 0. The summed E-state index contributed by atoms with van der Waals surface area (Å²) >= 11 is 0. The number of hydrogen-bond donors (Lipinski definition) is 2. The molecule has 0 aromatic carbocycles. The highest BCUT2D eigenvalue weighted by Crippen LogP contribution is 2.28. The van der Waals surface area contributed by atoms with Crippen molar-refractivity contribution in [3.63, 3.8) is 0 Å². The van der Waals surface area contributed by atoms with Gasteiger partial charge < -0.3 is 10.6 Å². The topological polar surface area (TPSA) is 41.1 Å². The maximum Gasteiger partial charge on any atom is 0.237 e. The molecule has 92 valence electrons. The summed E-state index contributed by atoms with van der Waals surface area (Å²) in [4.78, 5) is 11.8. The van der Waals surface area contributed by atoms with Crippen molar-refractivity contribution in [2.75, 3.05) is 0 Å². The molecule has 1 amide bonds. The van der Waals surface area contributed by atoms with E-state index in [0.29, 0.717) is 12.1 Å². The van der Waals surface area contributed by atoms with Crippen molar-refractivity contribution in [2.24, 2.45) is 5.92 Å². The SMILES string of the molecule is CCC1CCC(NC(C)C(=O)NC2CC2)C1. The van der Waals surface area contributed by atoms with Gasteiger partial charge in [-0.25, -0.2) is 0 Å². The molecule has 0 bridgehead atoms. The van der Waals surface area contributed by atoms with E-state index in [1.54, 1.807) is 0 Å². The van der Waals surface area contributed by atoms with Crippen LogP contribution in [0.15, 0.2) is 0 Å². The number of amides is 1. The molecule has 0 aromatic heterocycles. The summed E-state index contributed by atoms with van der Waals surface area (Å²) in [7, 11) is 0. The molecule has 0 saturated heterocycles. The Morgan fingerprint density at radius 3 is 2.50 bits per heavy atom. The van der Waals surface area contributed by atoms with Crippen LogP contribution in [-0.4, -0.2) is 24.0 Å². The van der Waals surface area contributed by atoms with Crippen molar-refractivity contribution in [3.8, 4) is 0 Å². The van der Waals surface area contributed by atoms with Crippen molar-refractivity contribution in [2.45, 2.75) is 70.5 Å². The molecule has 0 heterocycles. The van der Waals surface area contributed by atoms with E-state index < -0.39 is 0 Å². The van der Waals surface area contributed by atoms with E-state index in [2.05, 4.69) is 17.6 Å². The van der Waals surface area contributed by atoms with Crippen LogP contribution in [-0.2, 0) is 4.79 Å². The molecule has 2 N–H and O–H groups in total. The van der Waals surface area contributed by atoms with E-state index in [9.17, 15) is 4.79 Å². The van der Waals surface area contributed by atoms with Gasteiger partial charge in [0.05, 0.1) is 6.04 Å². The first kappa shape index (κ1) is 11.9. The van der Waals surface area contributed by atoms with Crippen LogP contribution in [0.5, 0.6) is 0 Å². The fraction of sp³-hybridized carbons (Fsp3) is 0.923. The Kier molecular flexibility index (Phi) is 3.85. The number of carbonyl (C=O) groups is 1. The van der Waals surface area contributed by atoms with Gasteiger partial charge in [0.15, 0.2) is 0 Å². The first-order chi connectivity index (χ1) is 7.69. The zero-order valence-electron chi connectivity index (χ0n) is 10.5. The predicted octanol–water partition coefficient (Wildman–Crippen LogP) is 1.82. The minimum atomic E-state index is -0.0267. The molecule has 2 fully saturated rings. The van der Waals surface area contributed by atoms with Gasteiger partial charge in [-0.05, 0) is 44.9 Å². The van der Waals surface area contributed by atoms with Crippen LogP contribution in [0.1, 0.15) is 52.4 Å². The maximum absolute atomic E-state index is 11.8. The normalized spacial score (nSPS) is 31.4.